The van der Waals surface area contributed by atoms with Gasteiger partial charge in [-0.3, -0.25) is 4.79 Å². The lowest BCUT2D eigenvalue weighted by atomic mass is 10.3. The van der Waals surface area contributed by atoms with Crippen LogP contribution in [0.15, 0.2) is 24.3 Å². The maximum Gasteiger partial charge on any atom is 0.387 e. The van der Waals surface area contributed by atoms with Gasteiger partial charge in [-0.05, 0) is 12.1 Å². The summed E-state index contributed by atoms with van der Waals surface area (Å²) < 4.78 is 27.9. The molecule has 0 unspecified atom stereocenters. The number of ether oxygens (including phenoxy) is 1. The van der Waals surface area contributed by atoms with E-state index in [9.17, 15) is 13.6 Å². The molecule has 1 N–H and O–H groups in total. The quantitative estimate of drug-likeness (QED) is 0.838. The Morgan fingerprint density at radius 2 is 2.27 bits per heavy atom. The Hall–Kier alpha value is -1.65. The first kappa shape index (κ1) is 11.4. The molecule has 15 heavy (non-hydrogen) atoms. The van der Waals surface area contributed by atoms with Gasteiger partial charge >= 0.3 is 6.61 Å². The second kappa shape index (κ2) is 5.29. The molecule has 1 amide bonds. The molecule has 0 aliphatic rings. The number of rotatable bonds is 4. The van der Waals surface area contributed by atoms with Crippen molar-refractivity contribution in [1.82, 2.24) is 0 Å². The second-order valence-corrected chi connectivity index (χ2v) is 2.81. The summed E-state index contributed by atoms with van der Waals surface area (Å²) in [6.07, 6.45) is 0.333. The van der Waals surface area contributed by atoms with Crippen LogP contribution < -0.4 is 10.1 Å². The molecule has 0 aliphatic carbocycles. The molecule has 82 valence electrons. The molecule has 3 nitrogen and oxygen atoms in total. The van der Waals surface area contributed by atoms with Gasteiger partial charge in [0, 0.05) is 18.2 Å². The zero-order valence-electron chi connectivity index (χ0n) is 8.17. The SMILES string of the molecule is CCC(=O)Nc1cccc(OC(F)F)c1. The predicted molar refractivity (Wildman–Crippen MR) is 52.0 cm³/mol. The van der Waals surface area contributed by atoms with E-state index in [1.54, 1.807) is 13.0 Å². The second-order valence-electron chi connectivity index (χ2n) is 2.81. The van der Waals surface area contributed by atoms with E-state index in [1.807, 2.05) is 0 Å². The first-order valence-electron chi connectivity index (χ1n) is 4.46. The first-order valence-corrected chi connectivity index (χ1v) is 4.46. The topological polar surface area (TPSA) is 38.3 Å². The molecule has 0 saturated heterocycles. The highest BCUT2D eigenvalue weighted by Crippen LogP contribution is 2.19. The highest BCUT2D eigenvalue weighted by atomic mass is 19.3. The molecule has 0 atom stereocenters. The van der Waals surface area contributed by atoms with Crippen molar-refractivity contribution < 1.29 is 18.3 Å². The predicted octanol–water partition coefficient (Wildman–Crippen LogP) is 2.64. The molecular weight excluding hydrogens is 204 g/mol. The number of carbonyl (C=O) groups excluding carboxylic acids is 1. The Labute approximate surface area is 86.0 Å². The number of nitrogens with one attached hydrogen (secondary N) is 1. The Balaban J connectivity index is 2.69. The van der Waals surface area contributed by atoms with Crippen molar-refractivity contribution in [3.8, 4) is 5.75 Å². The summed E-state index contributed by atoms with van der Waals surface area (Å²) in [6, 6.07) is 5.88. The van der Waals surface area contributed by atoms with Gasteiger partial charge in [0.2, 0.25) is 5.91 Å². The molecular formula is C10H11F2NO2. The van der Waals surface area contributed by atoms with Crippen LogP contribution in [0.2, 0.25) is 0 Å². The summed E-state index contributed by atoms with van der Waals surface area (Å²) in [5.74, 6) is -0.150. The number of alkyl halides is 2. The molecule has 1 aromatic rings. The number of hydrogen-bond acceptors (Lipinski definition) is 2. The van der Waals surface area contributed by atoms with Gasteiger partial charge in [-0.25, -0.2) is 0 Å². The molecule has 0 aromatic heterocycles. The van der Waals surface area contributed by atoms with Crippen LogP contribution in [0.4, 0.5) is 14.5 Å². The molecule has 0 radical (unpaired) electrons. The fraction of sp³-hybridized carbons (Fsp3) is 0.300. The third kappa shape index (κ3) is 3.93. The zero-order valence-corrected chi connectivity index (χ0v) is 8.17. The number of carbonyl (C=O) groups is 1. The van der Waals surface area contributed by atoms with Gasteiger partial charge in [-0.2, -0.15) is 8.78 Å². The van der Waals surface area contributed by atoms with E-state index in [-0.39, 0.29) is 11.7 Å². The van der Waals surface area contributed by atoms with Crippen LogP contribution in [0.5, 0.6) is 5.75 Å². The van der Waals surface area contributed by atoms with Crippen LogP contribution in [-0.4, -0.2) is 12.5 Å². The third-order valence-corrected chi connectivity index (χ3v) is 1.66. The van der Waals surface area contributed by atoms with Crippen molar-refractivity contribution in [2.75, 3.05) is 5.32 Å². The fourth-order valence-corrected chi connectivity index (χ4v) is 0.999. The standard InChI is InChI=1S/C10H11F2NO2/c1-2-9(14)13-7-4-3-5-8(6-7)15-10(11)12/h3-6,10H,2H2,1H3,(H,13,14). The smallest absolute Gasteiger partial charge is 0.387 e. The minimum atomic E-state index is -2.86. The first-order chi connectivity index (χ1) is 7.11. The van der Waals surface area contributed by atoms with Crippen molar-refractivity contribution in [2.45, 2.75) is 20.0 Å². The Morgan fingerprint density at radius 1 is 1.53 bits per heavy atom. The van der Waals surface area contributed by atoms with Crippen molar-refractivity contribution in [3.63, 3.8) is 0 Å². The Kier molecular flexibility index (Phi) is 4.03. The molecule has 0 aliphatic heterocycles. The van der Waals surface area contributed by atoms with Gasteiger partial charge in [0.1, 0.15) is 5.75 Å². The van der Waals surface area contributed by atoms with E-state index in [4.69, 9.17) is 0 Å². The number of halogens is 2. The molecule has 0 spiro atoms. The lowest BCUT2D eigenvalue weighted by molar-refractivity contribution is -0.115. The normalized spacial score (nSPS) is 10.1. The van der Waals surface area contributed by atoms with Gasteiger partial charge in [-0.1, -0.05) is 13.0 Å². The van der Waals surface area contributed by atoms with Gasteiger partial charge in [0.25, 0.3) is 0 Å². The lowest BCUT2D eigenvalue weighted by Crippen LogP contribution is -2.09. The minimum Gasteiger partial charge on any atom is -0.435 e. The lowest BCUT2D eigenvalue weighted by Gasteiger charge is -2.07. The van der Waals surface area contributed by atoms with Crippen molar-refractivity contribution in [1.29, 1.82) is 0 Å². The molecule has 0 heterocycles. The summed E-state index contributed by atoms with van der Waals surface area (Å²) in [4.78, 5) is 11.0. The summed E-state index contributed by atoms with van der Waals surface area (Å²) in [6.45, 7) is -1.16. The zero-order chi connectivity index (χ0) is 11.3. The van der Waals surface area contributed by atoms with E-state index < -0.39 is 6.61 Å². The molecule has 5 heteroatoms. The Bertz CT molecular complexity index is 342. The third-order valence-electron chi connectivity index (χ3n) is 1.66. The van der Waals surface area contributed by atoms with Crippen molar-refractivity contribution >= 4 is 11.6 Å². The maximum atomic E-state index is 11.9. The van der Waals surface area contributed by atoms with Crippen molar-refractivity contribution in [3.05, 3.63) is 24.3 Å². The van der Waals surface area contributed by atoms with Crippen LogP contribution in [0, 0.1) is 0 Å². The van der Waals surface area contributed by atoms with E-state index in [0.29, 0.717) is 12.1 Å². The number of amides is 1. The van der Waals surface area contributed by atoms with E-state index in [0.717, 1.165) is 0 Å². The molecule has 1 rings (SSSR count). The van der Waals surface area contributed by atoms with Gasteiger partial charge in [-0.15, -0.1) is 0 Å². The largest absolute Gasteiger partial charge is 0.435 e. The van der Waals surface area contributed by atoms with Crippen LogP contribution in [0.25, 0.3) is 0 Å². The summed E-state index contributed by atoms with van der Waals surface area (Å²) in [5.41, 5.74) is 0.444. The van der Waals surface area contributed by atoms with E-state index in [1.165, 1.54) is 18.2 Å². The molecule has 0 fully saturated rings. The van der Waals surface area contributed by atoms with Crippen LogP contribution in [0.3, 0.4) is 0 Å². The van der Waals surface area contributed by atoms with E-state index >= 15 is 0 Å². The fourth-order valence-electron chi connectivity index (χ4n) is 0.999. The highest BCUT2D eigenvalue weighted by Gasteiger charge is 2.05. The average molecular weight is 215 g/mol. The van der Waals surface area contributed by atoms with Gasteiger partial charge in [0.15, 0.2) is 0 Å². The average Bonchev–Trinajstić information content (AvgIpc) is 2.17. The number of anilines is 1. The number of benzene rings is 1. The summed E-state index contributed by atoms with van der Waals surface area (Å²) >= 11 is 0. The van der Waals surface area contributed by atoms with Gasteiger partial charge in [0.05, 0.1) is 0 Å². The van der Waals surface area contributed by atoms with Crippen LogP contribution in [0.1, 0.15) is 13.3 Å². The van der Waals surface area contributed by atoms with Gasteiger partial charge < -0.3 is 10.1 Å². The maximum absolute atomic E-state index is 11.9. The summed E-state index contributed by atoms with van der Waals surface area (Å²) in [5, 5.41) is 2.54. The minimum absolute atomic E-state index is 0.0268. The van der Waals surface area contributed by atoms with E-state index in [2.05, 4.69) is 10.1 Å². The molecule has 0 bridgehead atoms. The highest BCUT2D eigenvalue weighted by molar-refractivity contribution is 5.90. The van der Waals surface area contributed by atoms with Crippen molar-refractivity contribution in [2.24, 2.45) is 0 Å². The monoisotopic (exact) mass is 215 g/mol. The summed E-state index contributed by atoms with van der Waals surface area (Å²) in [7, 11) is 0. The Morgan fingerprint density at radius 3 is 2.87 bits per heavy atom. The molecule has 0 saturated carbocycles. The molecule has 1 aromatic carbocycles. The van der Waals surface area contributed by atoms with Crippen LogP contribution in [-0.2, 0) is 4.79 Å². The number of hydrogen-bond donors (Lipinski definition) is 1. The van der Waals surface area contributed by atoms with Crippen LogP contribution >= 0.6 is 0 Å².